The largest absolute Gasteiger partial charge is 0.394 e. The van der Waals surface area contributed by atoms with Crippen molar-refractivity contribution < 1.29 is 9.84 Å². The van der Waals surface area contributed by atoms with Gasteiger partial charge in [0, 0.05) is 25.2 Å². The molecule has 1 saturated heterocycles. The number of hydrogen-bond acceptors (Lipinski definition) is 6. The Hall–Kier alpha value is -1.24. The average molecular weight is 280 g/mol. The summed E-state index contributed by atoms with van der Waals surface area (Å²) >= 11 is 0. The lowest BCUT2D eigenvalue weighted by atomic mass is 10.0. The quantitative estimate of drug-likeness (QED) is 0.818. The van der Waals surface area contributed by atoms with E-state index in [9.17, 15) is 0 Å². The summed E-state index contributed by atoms with van der Waals surface area (Å²) in [6.45, 7) is 6.77. The van der Waals surface area contributed by atoms with Crippen molar-refractivity contribution in [2.75, 3.05) is 31.2 Å². The number of rotatable bonds is 5. The Kier molecular flexibility index (Phi) is 5.28. The summed E-state index contributed by atoms with van der Waals surface area (Å²) < 4.78 is 5.58. The molecule has 3 N–H and O–H groups in total. The highest BCUT2D eigenvalue weighted by molar-refractivity contribution is 5.50. The topological polar surface area (TPSA) is 84.5 Å². The average Bonchev–Trinajstić information content (AvgIpc) is 2.48. The van der Waals surface area contributed by atoms with Gasteiger partial charge < -0.3 is 20.5 Å². The molecule has 0 unspecified atom stereocenters. The normalized spacial score (nSPS) is 16.7. The first-order valence-corrected chi connectivity index (χ1v) is 7.17. The first-order chi connectivity index (χ1) is 9.67. The van der Waals surface area contributed by atoms with E-state index < -0.39 is 0 Å². The molecule has 1 aromatic heterocycles. The van der Waals surface area contributed by atoms with Crippen LogP contribution in [0, 0.1) is 13.8 Å². The molecular weight excluding hydrogens is 256 g/mol. The standard InChI is InChI=1S/C14H24N4O2/c1-10-11(2)16-17-14(13(10)9-15)18-5-3-12(4-6-18)20-8-7-19/h12,19H,3-9,15H2,1-2H3. The van der Waals surface area contributed by atoms with Gasteiger partial charge in [-0.3, -0.25) is 0 Å². The smallest absolute Gasteiger partial charge is 0.156 e. The number of ether oxygens (including phenoxy) is 1. The van der Waals surface area contributed by atoms with Gasteiger partial charge in [-0.25, -0.2) is 0 Å². The molecule has 0 aromatic carbocycles. The van der Waals surface area contributed by atoms with Gasteiger partial charge in [0.25, 0.3) is 0 Å². The van der Waals surface area contributed by atoms with Gasteiger partial charge in [-0.15, -0.1) is 5.10 Å². The molecule has 0 atom stereocenters. The van der Waals surface area contributed by atoms with E-state index in [0.29, 0.717) is 13.2 Å². The predicted octanol–water partition coefficient (Wildman–Crippen LogP) is 0.530. The van der Waals surface area contributed by atoms with Gasteiger partial charge in [0.2, 0.25) is 0 Å². The van der Waals surface area contributed by atoms with Crippen molar-refractivity contribution in [3.63, 3.8) is 0 Å². The lowest BCUT2D eigenvalue weighted by Gasteiger charge is -2.33. The van der Waals surface area contributed by atoms with Crippen molar-refractivity contribution in [2.24, 2.45) is 5.73 Å². The molecule has 0 radical (unpaired) electrons. The highest BCUT2D eigenvalue weighted by Crippen LogP contribution is 2.25. The summed E-state index contributed by atoms with van der Waals surface area (Å²) in [6.07, 6.45) is 2.12. The predicted molar refractivity (Wildman–Crippen MR) is 77.7 cm³/mol. The minimum Gasteiger partial charge on any atom is -0.394 e. The van der Waals surface area contributed by atoms with Crippen LogP contribution in [0.2, 0.25) is 0 Å². The van der Waals surface area contributed by atoms with Gasteiger partial charge in [0.15, 0.2) is 5.82 Å². The minimum atomic E-state index is 0.0835. The van der Waals surface area contributed by atoms with E-state index in [0.717, 1.165) is 48.6 Å². The molecule has 0 bridgehead atoms. The Morgan fingerprint density at radius 2 is 2.00 bits per heavy atom. The van der Waals surface area contributed by atoms with E-state index in [-0.39, 0.29) is 12.7 Å². The third-order valence-corrected chi connectivity index (χ3v) is 3.95. The Bertz CT molecular complexity index is 445. The van der Waals surface area contributed by atoms with Crippen molar-refractivity contribution in [2.45, 2.75) is 39.3 Å². The zero-order chi connectivity index (χ0) is 14.5. The van der Waals surface area contributed by atoms with Crippen molar-refractivity contribution in [1.82, 2.24) is 10.2 Å². The van der Waals surface area contributed by atoms with Crippen LogP contribution in [0.5, 0.6) is 0 Å². The number of aryl methyl sites for hydroxylation is 1. The van der Waals surface area contributed by atoms with E-state index in [2.05, 4.69) is 15.1 Å². The maximum absolute atomic E-state index is 8.78. The molecular formula is C14H24N4O2. The van der Waals surface area contributed by atoms with Crippen LogP contribution in [0.3, 0.4) is 0 Å². The molecule has 1 aliphatic rings. The van der Waals surface area contributed by atoms with Crippen LogP contribution in [0.25, 0.3) is 0 Å². The van der Waals surface area contributed by atoms with Gasteiger partial charge in [-0.2, -0.15) is 5.10 Å². The number of piperidine rings is 1. The molecule has 1 aromatic rings. The van der Waals surface area contributed by atoms with Crippen molar-refractivity contribution in [1.29, 1.82) is 0 Å². The van der Waals surface area contributed by atoms with Crippen molar-refractivity contribution in [3.05, 3.63) is 16.8 Å². The molecule has 0 saturated carbocycles. The highest BCUT2D eigenvalue weighted by atomic mass is 16.5. The van der Waals surface area contributed by atoms with E-state index in [1.54, 1.807) is 0 Å². The molecule has 0 aliphatic carbocycles. The Balaban J connectivity index is 2.05. The molecule has 6 nitrogen and oxygen atoms in total. The third kappa shape index (κ3) is 3.26. The zero-order valence-corrected chi connectivity index (χ0v) is 12.3. The summed E-state index contributed by atoms with van der Waals surface area (Å²) in [5, 5.41) is 17.3. The molecule has 2 heterocycles. The van der Waals surface area contributed by atoms with Crippen LogP contribution in [0.4, 0.5) is 5.82 Å². The fourth-order valence-corrected chi connectivity index (χ4v) is 2.60. The number of aromatic nitrogens is 2. The van der Waals surface area contributed by atoms with Crippen LogP contribution in [-0.2, 0) is 11.3 Å². The molecule has 20 heavy (non-hydrogen) atoms. The fraction of sp³-hybridized carbons (Fsp3) is 0.714. The summed E-state index contributed by atoms with van der Waals surface area (Å²) in [6, 6.07) is 0. The molecule has 6 heteroatoms. The minimum absolute atomic E-state index is 0.0835. The maximum atomic E-state index is 8.78. The van der Waals surface area contributed by atoms with Crippen LogP contribution >= 0.6 is 0 Å². The first kappa shape index (κ1) is 15.2. The van der Waals surface area contributed by atoms with E-state index >= 15 is 0 Å². The summed E-state index contributed by atoms with van der Waals surface area (Å²) in [5.74, 6) is 0.913. The molecule has 0 spiro atoms. The van der Waals surface area contributed by atoms with Gasteiger partial charge in [0.05, 0.1) is 25.0 Å². The molecule has 1 aliphatic heterocycles. The van der Waals surface area contributed by atoms with Gasteiger partial charge in [-0.05, 0) is 32.3 Å². The zero-order valence-electron chi connectivity index (χ0n) is 12.3. The lowest BCUT2D eigenvalue weighted by molar-refractivity contribution is 0.0158. The number of anilines is 1. The van der Waals surface area contributed by atoms with Gasteiger partial charge >= 0.3 is 0 Å². The number of aliphatic hydroxyl groups is 1. The van der Waals surface area contributed by atoms with Crippen molar-refractivity contribution in [3.8, 4) is 0 Å². The number of nitrogens with two attached hydrogens (primary N) is 1. The second-order valence-electron chi connectivity index (χ2n) is 5.20. The maximum Gasteiger partial charge on any atom is 0.156 e. The monoisotopic (exact) mass is 280 g/mol. The summed E-state index contributed by atoms with van der Waals surface area (Å²) in [4.78, 5) is 2.24. The number of hydrogen-bond donors (Lipinski definition) is 2. The van der Waals surface area contributed by atoms with E-state index in [1.165, 1.54) is 0 Å². The summed E-state index contributed by atoms with van der Waals surface area (Å²) in [5.41, 5.74) is 9.04. The fourth-order valence-electron chi connectivity index (χ4n) is 2.60. The van der Waals surface area contributed by atoms with Crippen molar-refractivity contribution >= 4 is 5.82 Å². The van der Waals surface area contributed by atoms with Gasteiger partial charge in [0.1, 0.15) is 0 Å². The van der Waals surface area contributed by atoms with E-state index in [1.807, 2.05) is 13.8 Å². The SMILES string of the molecule is Cc1nnc(N2CCC(OCCO)CC2)c(CN)c1C. The number of aliphatic hydroxyl groups excluding tert-OH is 1. The first-order valence-electron chi connectivity index (χ1n) is 7.17. The number of nitrogens with zero attached hydrogens (tertiary/aromatic N) is 3. The molecule has 1 fully saturated rings. The Labute approximate surface area is 119 Å². The van der Waals surface area contributed by atoms with E-state index in [4.69, 9.17) is 15.6 Å². The molecule has 2 rings (SSSR count). The second-order valence-corrected chi connectivity index (χ2v) is 5.20. The molecule has 0 amide bonds. The third-order valence-electron chi connectivity index (χ3n) is 3.95. The Morgan fingerprint density at radius 3 is 2.60 bits per heavy atom. The highest BCUT2D eigenvalue weighted by Gasteiger charge is 2.23. The van der Waals surface area contributed by atoms with Crippen LogP contribution in [-0.4, -0.2) is 47.7 Å². The second kappa shape index (κ2) is 6.97. The molecule has 112 valence electrons. The Morgan fingerprint density at radius 1 is 1.30 bits per heavy atom. The van der Waals surface area contributed by atoms with Crippen LogP contribution < -0.4 is 10.6 Å². The van der Waals surface area contributed by atoms with Gasteiger partial charge in [-0.1, -0.05) is 0 Å². The summed E-state index contributed by atoms with van der Waals surface area (Å²) in [7, 11) is 0. The van der Waals surface area contributed by atoms with Crippen LogP contribution in [0.1, 0.15) is 29.7 Å². The van der Waals surface area contributed by atoms with Crippen LogP contribution in [0.15, 0.2) is 0 Å². The lowest BCUT2D eigenvalue weighted by Crippen LogP contribution is -2.38.